The highest BCUT2D eigenvalue weighted by Gasteiger charge is 2.45. The predicted molar refractivity (Wildman–Crippen MR) is 139 cm³/mol. The van der Waals surface area contributed by atoms with Crippen LogP contribution in [-0.2, 0) is 4.74 Å². The first-order valence-electron chi connectivity index (χ1n) is 11.5. The molecule has 3 atom stereocenters. The van der Waals surface area contributed by atoms with Crippen molar-refractivity contribution in [3.8, 4) is 0 Å². The fourth-order valence-electron chi connectivity index (χ4n) is 4.49. The molecule has 8 heteroatoms. The van der Waals surface area contributed by atoms with Crippen LogP contribution in [0.15, 0.2) is 29.3 Å². The van der Waals surface area contributed by atoms with Gasteiger partial charge in [-0.25, -0.2) is 4.79 Å². The first-order chi connectivity index (χ1) is 14.7. The molecule has 0 aliphatic carbocycles. The molecular formula is C24H39IN4O3. The van der Waals surface area contributed by atoms with E-state index < -0.39 is 11.7 Å². The van der Waals surface area contributed by atoms with Gasteiger partial charge in [-0.2, -0.15) is 0 Å². The maximum absolute atomic E-state index is 12.7. The van der Waals surface area contributed by atoms with E-state index in [4.69, 9.17) is 4.74 Å². The number of aliphatic imine (C=N–C) groups is 1. The monoisotopic (exact) mass is 558 g/mol. The third-order valence-electron chi connectivity index (χ3n) is 5.91. The Morgan fingerprint density at radius 3 is 2.34 bits per heavy atom. The molecule has 2 aliphatic heterocycles. The average molecular weight is 559 g/mol. The Morgan fingerprint density at radius 1 is 1.22 bits per heavy atom. The first kappa shape index (κ1) is 26.7. The zero-order chi connectivity index (χ0) is 22.6. The molecule has 2 heterocycles. The molecule has 0 saturated carbocycles. The minimum absolute atomic E-state index is 0. The van der Waals surface area contributed by atoms with Crippen LogP contribution in [0.4, 0.5) is 4.79 Å². The Balaban J connectivity index is 0.00000363. The number of hydrogen-bond donors (Lipinski definition) is 3. The summed E-state index contributed by atoms with van der Waals surface area (Å²) >= 11 is 0. The van der Waals surface area contributed by atoms with E-state index >= 15 is 0 Å². The molecule has 0 radical (unpaired) electrons. The summed E-state index contributed by atoms with van der Waals surface area (Å²) in [6.45, 7) is 10.8. The van der Waals surface area contributed by atoms with Crippen LogP contribution in [0.2, 0.25) is 0 Å². The van der Waals surface area contributed by atoms with Crippen LogP contribution >= 0.6 is 24.0 Å². The van der Waals surface area contributed by atoms with E-state index in [-0.39, 0.29) is 48.2 Å². The molecular weight excluding hydrogens is 519 g/mol. The Labute approximate surface area is 209 Å². The summed E-state index contributed by atoms with van der Waals surface area (Å²) in [6, 6.07) is 8.53. The fraction of sp³-hybridized carbons (Fsp3) is 0.667. The van der Waals surface area contributed by atoms with Crippen LogP contribution in [0, 0.1) is 6.92 Å². The lowest BCUT2D eigenvalue weighted by Crippen LogP contribution is -2.55. The molecule has 32 heavy (non-hydrogen) atoms. The maximum atomic E-state index is 12.7. The minimum Gasteiger partial charge on any atom is -0.444 e. The number of hydrogen-bond acceptors (Lipinski definition) is 4. The van der Waals surface area contributed by atoms with Gasteiger partial charge in [-0.15, -0.1) is 24.0 Å². The maximum Gasteiger partial charge on any atom is 0.410 e. The van der Waals surface area contributed by atoms with Gasteiger partial charge >= 0.3 is 6.09 Å². The molecule has 1 aromatic carbocycles. The third-order valence-corrected chi connectivity index (χ3v) is 5.91. The number of carbonyl (C=O) groups is 1. The van der Waals surface area contributed by atoms with Gasteiger partial charge in [0.2, 0.25) is 0 Å². The first-order valence-corrected chi connectivity index (χ1v) is 11.5. The lowest BCUT2D eigenvalue weighted by molar-refractivity contribution is 0.00544. The second kappa shape index (κ2) is 11.5. The van der Waals surface area contributed by atoms with Crippen LogP contribution in [0.3, 0.4) is 0 Å². The number of guanidine groups is 1. The van der Waals surface area contributed by atoms with Crippen molar-refractivity contribution >= 4 is 36.0 Å². The molecule has 0 aromatic heterocycles. The zero-order valence-corrected chi connectivity index (χ0v) is 22.3. The van der Waals surface area contributed by atoms with E-state index in [0.717, 1.165) is 37.8 Å². The van der Waals surface area contributed by atoms with Gasteiger partial charge in [-0.3, -0.25) is 4.99 Å². The zero-order valence-electron chi connectivity index (χ0n) is 19.9. The average Bonchev–Trinajstić information content (AvgIpc) is 2.96. The van der Waals surface area contributed by atoms with Crippen molar-refractivity contribution in [2.24, 2.45) is 4.99 Å². The number of aliphatic hydroxyl groups excluding tert-OH is 1. The lowest BCUT2D eigenvalue weighted by Gasteiger charge is -2.40. The molecule has 1 amide bonds. The lowest BCUT2D eigenvalue weighted by atomic mass is 9.98. The molecule has 2 saturated heterocycles. The molecule has 3 rings (SSSR count). The summed E-state index contributed by atoms with van der Waals surface area (Å²) in [5.41, 5.74) is 1.56. The van der Waals surface area contributed by atoms with E-state index in [9.17, 15) is 9.90 Å². The fourth-order valence-corrected chi connectivity index (χ4v) is 4.49. The van der Waals surface area contributed by atoms with E-state index in [1.165, 1.54) is 5.56 Å². The molecule has 3 unspecified atom stereocenters. The molecule has 2 fully saturated rings. The van der Waals surface area contributed by atoms with Crippen molar-refractivity contribution in [2.45, 2.75) is 90.1 Å². The summed E-state index contributed by atoms with van der Waals surface area (Å²) < 4.78 is 5.63. The molecule has 1 aromatic rings. The quantitative estimate of drug-likeness (QED) is 0.288. The van der Waals surface area contributed by atoms with E-state index in [0.29, 0.717) is 12.5 Å². The predicted octanol–water partition coefficient (Wildman–Crippen LogP) is 4.13. The molecule has 7 nitrogen and oxygen atoms in total. The van der Waals surface area contributed by atoms with Crippen molar-refractivity contribution in [1.29, 1.82) is 0 Å². The number of rotatable bonds is 5. The van der Waals surface area contributed by atoms with Crippen molar-refractivity contribution in [3.05, 3.63) is 35.4 Å². The SMILES string of the molecule is CCNC(=NCC(O)c1ccc(C)cc1)NC1CC2CCC(C1)N2C(=O)OC(C)(C)C.I. The summed E-state index contributed by atoms with van der Waals surface area (Å²) in [7, 11) is 0. The number of nitrogens with one attached hydrogen (secondary N) is 2. The van der Waals surface area contributed by atoms with Gasteiger partial charge in [0, 0.05) is 24.7 Å². The summed E-state index contributed by atoms with van der Waals surface area (Å²) in [6.07, 6.45) is 2.95. The summed E-state index contributed by atoms with van der Waals surface area (Å²) in [4.78, 5) is 19.2. The van der Waals surface area contributed by atoms with E-state index in [1.54, 1.807) is 0 Å². The topological polar surface area (TPSA) is 86.2 Å². The third kappa shape index (κ3) is 7.23. The van der Waals surface area contributed by atoms with Crippen LogP contribution in [0.5, 0.6) is 0 Å². The van der Waals surface area contributed by atoms with Gasteiger partial charge in [-0.05, 0) is 65.9 Å². The number of fused-ring (bicyclic) bond motifs is 2. The number of benzene rings is 1. The Bertz CT molecular complexity index is 764. The Hall–Kier alpha value is -1.55. The minimum atomic E-state index is -0.638. The summed E-state index contributed by atoms with van der Waals surface area (Å²) in [5.74, 6) is 0.712. The number of piperidine rings is 1. The number of carbonyl (C=O) groups excluding carboxylic acids is 1. The number of aryl methyl sites for hydroxylation is 1. The largest absolute Gasteiger partial charge is 0.444 e. The number of halogens is 1. The van der Waals surface area contributed by atoms with E-state index in [2.05, 4.69) is 15.6 Å². The molecule has 0 spiro atoms. The normalized spacial score (nSPS) is 23.9. The smallest absolute Gasteiger partial charge is 0.410 e. The van der Waals surface area contributed by atoms with Gasteiger partial charge < -0.3 is 25.4 Å². The van der Waals surface area contributed by atoms with Gasteiger partial charge in [0.25, 0.3) is 0 Å². The second-order valence-corrected chi connectivity index (χ2v) is 9.73. The molecule has 2 bridgehead atoms. The summed E-state index contributed by atoms with van der Waals surface area (Å²) in [5, 5.41) is 17.3. The molecule has 3 N–H and O–H groups in total. The van der Waals surface area contributed by atoms with E-state index in [1.807, 2.05) is 63.8 Å². The Kier molecular flexibility index (Phi) is 9.63. The van der Waals surface area contributed by atoms with Gasteiger partial charge in [0.05, 0.1) is 12.6 Å². The van der Waals surface area contributed by atoms with Crippen molar-refractivity contribution in [1.82, 2.24) is 15.5 Å². The standard InChI is InChI=1S/C24H38N4O3.HI/c1-6-25-22(26-15-21(29)17-9-7-16(2)8-10-17)27-18-13-19-11-12-20(14-18)28(19)23(30)31-24(3,4)5;/h7-10,18-21,29H,6,11-15H2,1-5H3,(H2,25,26,27);1H. The van der Waals surface area contributed by atoms with Gasteiger partial charge in [0.1, 0.15) is 5.60 Å². The van der Waals surface area contributed by atoms with Gasteiger partial charge in [0.15, 0.2) is 5.96 Å². The highest BCUT2D eigenvalue weighted by Crippen LogP contribution is 2.36. The Morgan fingerprint density at radius 2 is 1.81 bits per heavy atom. The van der Waals surface area contributed by atoms with Crippen molar-refractivity contribution < 1.29 is 14.6 Å². The number of ether oxygens (including phenoxy) is 1. The number of amides is 1. The number of aliphatic hydroxyl groups is 1. The van der Waals surface area contributed by atoms with Crippen LogP contribution in [0.1, 0.15) is 70.6 Å². The highest BCUT2D eigenvalue weighted by atomic mass is 127. The highest BCUT2D eigenvalue weighted by molar-refractivity contribution is 14.0. The van der Waals surface area contributed by atoms with Crippen LogP contribution < -0.4 is 10.6 Å². The molecule has 2 aliphatic rings. The second-order valence-electron chi connectivity index (χ2n) is 9.73. The van der Waals surface area contributed by atoms with Crippen LogP contribution in [-0.4, -0.2) is 58.9 Å². The van der Waals surface area contributed by atoms with Crippen molar-refractivity contribution in [2.75, 3.05) is 13.1 Å². The van der Waals surface area contributed by atoms with Gasteiger partial charge in [-0.1, -0.05) is 29.8 Å². The number of nitrogens with zero attached hydrogens (tertiary/aromatic N) is 2. The van der Waals surface area contributed by atoms with Crippen LogP contribution in [0.25, 0.3) is 0 Å². The van der Waals surface area contributed by atoms with Crippen molar-refractivity contribution in [3.63, 3.8) is 0 Å². The molecule has 180 valence electrons.